The SMILES string of the molecule is CCC(C)/C=C(\c1ccc(CCc2nnn(CC(=O)O)n2)c(Cl)c1)c1ccc(C2CC2)c(=O)[nH]1. The molecule has 2 aromatic heterocycles. The normalized spacial score (nSPS) is 14.9. The van der Waals surface area contributed by atoms with E-state index in [4.69, 9.17) is 16.7 Å². The van der Waals surface area contributed by atoms with Gasteiger partial charge in [-0.05, 0) is 59.6 Å². The molecular formula is C25H28ClN5O3. The summed E-state index contributed by atoms with van der Waals surface area (Å²) >= 11 is 6.64. The van der Waals surface area contributed by atoms with Gasteiger partial charge in [0.2, 0.25) is 0 Å². The van der Waals surface area contributed by atoms with Crippen LogP contribution in [-0.2, 0) is 24.2 Å². The van der Waals surface area contributed by atoms with E-state index in [-0.39, 0.29) is 12.1 Å². The summed E-state index contributed by atoms with van der Waals surface area (Å²) in [4.78, 5) is 27.6. The summed E-state index contributed by atoms with van der Waals surface area (Å²) in [7, 11) is 0. The number of pyridine rings is 1. The number of carboxylic acids is 1. The number of aryl methyl sites for hydroxylation is 2. The minimum Gasteiger partial charge on any atom is -0.480 e. The van der Waals surface area contributed by atoms with Gasteiger partial charge in [0.25, 0.3) is 5.56 Å². The number of hydrogen-bond donors (Lipinski definition) is 2. The lowest BCUT2D eigenvalue weighted by Gasteiger charge is -2.14. The van der Waals surface area contributed by atoms with Gasteiger partial charge in [0.05, 0.1) is 0 Å². The molecule has 1 aliphatic carbocycles. The first-order valence-corrected chi connectivity index (χ1v) is 11.9. The molecule has 0 saturated heterocycles. The maximum Gasteiger partial charge on any atom is 0.327 e. The van der Waals surface area contributed by atoms with Crippen LogP contribution in [0.4, 0.5) is 0 Å². The van der Waals surface area contributed by atoms with Crippen molar-refractivity contribution in [2.24, 2.45) is 5.92 Å². The summed E-state index contributed by atoms with van der Waals surface area (Å²) in [5.74, 6) is 0.174. The molecule has 0 aliphatic heterocycles. The molecule has 1 saturated carbocycles. The number of carbonyl (C=O) groups is 1. The van der Waals surface area contributed by atoms with Crippen LogP contribution in [0.5, 0.6) is 0 Å². The van der Waals surface area contributed by atoms with E-state index in [1.807, 2.05) is 30.3 Å². The van der Waals surface area contributed by atoms with Crippen LogP contribution >= 0.6 is 11.6 Å². The molecule has 4 rings (SSSR count). The van der Waals surface area contributed by atoms with E-state index in [2.05, 4.69) is 40.3 Å². The first-order valence-electron chi connectivity index (χ1n) is 11.6. The molecule has 9 heteroatoms. The molecule has 1 fully saturated rings. The molecule has 8 nitrogen and oxygen atoms in total. The molecular weight excluding hydrogens is 454 g/mol. The van der Waals surface area contributed by atoms with Crippen LogP contribution in [0.2, 0.25) is 5.02 Å². The van der Waals surface area contributed by atoms with Gasteiger partial charge in [-0.1, -0.05) is 56.1 Å². The number of carboxylic acid groups (broad SMARTS) is 1. The van der Waals surface area contributed by atoms with E-state index in [0.29, 0.717) is 35.5 Å². The largest absolute Gasteiger partial charge is 0.480 e. The van der Waals surface area contributed by atoms with Crippen molar-refractivity contribution in [3.63, 3.8) is 0 Å². The lowest BCUT2D eigenvalue weighted by atomic mass is 9.94. The predicted molar refractivity (Wildman–Crippen MR) is 130 cm³/mol. The minimum absolute atomic E-state index is 0.0128. The molecule has 3 aromatic rings. The van der Waals surface area contributed by atoms with Gasteiger partial charge >= 0.3 is 5.97 Å². The highest BCUT2D eigenvalue weighted by atomic mass is 35.5. The zero-order chi connectivity index (χ0) is 24.2. The molecule has 178 valence electrons. The monoisotopic (exact) mass is 481 g/mol. The smallest absolute Gasteiger partial charge is 0.327 e. The second-order valence-electron chi connectivity index (χ2n) is 8.83. The van der Waals surface area contributed by atoms with Crippen molar-refractivity contribution in [3.8, 4) is 0 Å². The molecule has 2 N–H and O–H groups in total. The summed E-state index contributed by atoms with van der Waals surface area (Å²) < 4.78 is 0. The molecule has 1 atom stereocenters. The summed E-state index contributed by atoms with van der Waals surface area (Å²) in [5, 5.41) is 21.2. The van der Waals surface area contributed by atoms with Crippen molar-refractivity contribution < 1.29 is 9.90 Å². The Hall–Kier alpha value is -3.26. The predicted octanol–water partition coefficient (Wildman–Crippen LogP) is 4.24. The number of allylic oxidation sites excluding steroid dienone is 1. The molecule has 1 aromatic carbocycles. The maximum absolute atomic E-state index is 12.7. The third kappa shape index (κ3) is 5.80. The zero-order valence-corrected chi connectivity index (χ0v) is 20.0. The highest BCUT2D eigenvalue weighted by molar-refractivity contribution is 6.31. The van der Waals surface area contributed by atoms with Crippen molar-refractivity contribution in [3.05, 3.63) is 80.0 Å². The number of H-pyrrole nitrogens is 1. The lowest BCUT2D eigenvalue weighted by Crippen LogP contribution is -2.13. The Balaban J connectivity index is 1.55. The van der Waals surface area contributed by atoms with Gasteiger partial charge in [-0.2, -0.15) is 4.80 Å². The fraction of sp³-hybridized carbons (Fsp3) is 0.400. The Morgan fingerprint density at radius 1 is 1.29 bits per heavy atom. The van der Waals surface area contributed by atoms with Crippen molar-refractivity contribution in [1.29, 1.82) is 0 Å². The number of nitrogens with one attached hydrogen (secondary N) is 1. The number of aromatic nitrogens is 5. The molecule has 0 radical (unpaired) electrons. The first-order chi connectivity index (χ1) is 16.3. The number of aromatic amines is 1. The number of benzene rings is 1. The van der Waals surface area contributed by atoms with Crippen molar-refractivity contribution in [1.82, 2.24) is 25.2 Å². The third-order valence-corrected chi connectivity index (χ3v) is 6.45. The molecule has 1 unspecified atom stereocenters. The molecule has 1 aliphatic rings. The van der Waals surface area contributed by atoms with Gasteiger partial charge in [-0.25, -0.2) is 0 Å². The van der Waals surface area contributed by atoms with Gasteiger partial charge < -0.3 is 10.1 Å². The Morgan fingerprint density at radius 3 is 2.74 bits per heavy atom. The van der Waals surface area contributed by atoms with Crippen molar-refractivity contribution in [2.45, 2.75) is 58.4 Å². The summed E-state index contributed by atoms with van der Waals surface area (Å²) in [5.41, 5.74) is 4.48. The molecule has 34 heavy (non-hydrogen) atoms. The van der Waals surface area contributed by atoms with Crippen LogP contribution in [0, 0.1) is 5.92 Å². The fourth-order valence-electron chi connectivity index (χ4n) is 3.83. The number of aliphatic carboxylic acids is 1. The topological polar surface area (TPSA) is 114 Å². The van der Waals surface area contributed by atoms with E-state index in [1.54, 1.807) is 0 Å². The average Bonchev–Trinajstić information content (AvgIpc) is 3.55. The highest BCUT2D eigenvalue weighted by Crippen LogP contribution is 2.38. The number of tetrazole rings is 1. The van der Waals surface area contributed by atoms with Crippen LogP contribution in [0.1, 0.15) is 67.2 Å². The van der Waals surface area contributed by atoms with Crippen LogP contribution in [0.15, 0.2) is 41.2 Å². The minimum atomic E-state index is -1.02. The van der Waals surface area contributed by atoms with Crippen LogP contribution < -0.4 is 5.56 Å². The first kappa shape index (κ1) is 23.9. The van der Waals surface area contributed by atoms with Crippen LogP contribution in [0.25, 0.3) is 5.57 Å². The average molecular weight is 482 g/mol. The van der Waals surface area contributed by atoms with E-state index in [9.17, 15) is 9.59 Å². The van der Waals surface area contributed by atoms with E-state index in [0.717, 1.165) is 52.0 Å². The summed E-state index contributed by atoms with van der Waals surface area (Å²) in [6.07, 6.45) is 6.41. The second-order valence-corrected chi connectivity index (χ2v) is 9.24. The zero-order valence-electron chi connectivity index (χ0n) is 19.3. The van der Waals surface area contributed by atoms with E-state index >= 15 is 0 Å². The highest BCUT2D eigenvalue weighted by Gasteiger charge is 2.26. The molecule has 2 heterocycles. The number of hydrogen-bond acceptors (Lipinski definition) is 5. The summed E-state index contributed by atoms with van der Waals surface area (Å²) in [6, 6.07) is 9.86. The van der Waals surface area contributed by atoms with Crippen LogP contribution in [0.3, 0.4) is 0 Å². The number of rotatable bonds is 10. The molecule has 0 spiro atoms. The third-order valence-electron chi connectivity index (χ3n) is 6.10. The van der Waals surface area contributed by atoms with E-state index < -0.39 is 5.97 Å². The Bertz CT molecular complexity index is 1280. The van der Waals surface area contributed by atoms with Gasteiger partial charge in [0.1, 0.15) is 0 Å². The number of nitrogens with zero attached hydrogens (tertiary/aromatic N) is 4. The Labute approximate surface area is 202 Å². The molecule has 0 amide bonds. The van der Waals surface area contributed by atoms with Gasteiger partial charge in [-0.3, -0.25) is 9.59 Å². The van der Waals surface area contributed by atoms with Crippen LogP contribution in [-0.4, -0.2) is 36.3 Å². The standard InChI is InChI=1S/C25H28ClN5O3/c1-3-15(2)12-20(22-10-9-19(16-4-5-16)25(34)27-22)18-7-6-17(21(26)13-18)8-11-23-28-30-31(29-23)14-24(32)33/h6-7,9-10,12-13,15-16H,3-5,8,11,14H2,1-2H3,(H,27,34)(H,32,33)/b20-12+. The van der Waals surface area contributed by atoms with Gasteiger partial charge in [0, 0.05) is 28.3 Å². The quantitative estimate of drug-likeness (QED) is 0.447. The maximum atomic E-state index is 12.7. The second kappa shape index (κ2) is 10.3. The van der Waals surface area contributed by atoms with E-state index in [1.165, 1.54) is 0 Å². The lowest BCUT2D eigenvalue weighted by molar-refractivity contribution is -0.138. The fourth-order valence-corrected chi connectivity index (χ4v) is 4.11. The van der Waals surface area contributed by atoms with Gasteiger partial charge in [0.15, 0.2) is 12.4 Å². The Morgan fingerprint density at radius 2 is 2.09 bits per heavy atom. The number of halogens is 1. The Kier molecular flexibility index (Phi) is 7.26. The van der Waals surface area contributed by atoms with Crippen molar-refractivity contribution in [2.75, 3.05) is 0 Å². The van der Waals surface area contributed by atoms with Crippen molar-refractivity contribution >= 4 is 23.1 Å². The summed E-state index contributed by atoms with van der Waals surface area (Å²) in [6.45, 7) is 3.96. The van der Waals surface area contributed by atoms with Gasteiger partial charge in [-0.15, -0.1) is 10.2 Å². The molecule has 0 bridgehead atoms.